The van der Waals surface area contributed by atoms with Gasteiger partial charge in [0.2, 0.25) is 15.9 Å². The Bertz CT molecular complexity index is 552. The number of carbonyl (C=O) groups is 1. The minimum atomic E-state index is -3.68. The molecular weight excluding hydrogens is 296 g/mol. The Morgan fingerprint density at radius 2 is 1.80 bits per heavy atom. The first-order valence-electron chi connectivity index (χ1n) is 6.69. The maximum atomic E-state index is 12.1. The summed E-state index contributed by atoms with van der Waals surface area (Å²) in [7, 11) is -3.68. The minimum Gasteiger partial charge on any atom is -0.350 e. The maximum Gasteiger partial charge on any atom is 0.247 e. The van der Waals surface area contributed by atoms with Gasteiger partial charge in [0, 0.05) is 10.4 Å². The van der Waals surface area contributed by atoms with Crippen LogP contribution in [0.2, 0.25) is 0 Å². The fourth-order valence-corrected chi connectivity index (χ4v) is 3.90. The van der Waals surface area contributed by atoms with E-state index >= 15 is 0 Å². The summed E-state index contributed by atoms with van der Waals surface area (Å²) in [5.74, 6) is -0.0848. The topological polar surface area (TPSA) is 89.3 Å². The minimum absolute atomic E-state index is 0.0848. The molecule has 0 aliphatic heterocycles. The van der Waals surface area contributed by atoms with Crippen LogP contribution in [-0.4, -0.2) is 19.9 Å². The van der Waals surface area contributed by atoms with Crippen LogP contribution in [0, 0.1) is 0 Å². The van der Waals surface area contributed by atoms with E-state index in [4.69, 9.17) is 5.14 Å². The van der Waals surface area contributed by atoms with E-state index < -0.39 is 10.0 Å². The SMILES string of the molecule is CCC(CC)(CC)NC(=O)Cc1ccc(S(N)(=O)=O)s1. The molecule has 0 bridgehead atoms. The van der Waals surface area contributed by atoms with Gasteiger partial charge in [0.15, 0.2) is 0 Å². The van der Waals surface area contributed by atoms with E-state index in [1.807, 2.05) is 0 Å². The molecule has 0 aliphatic carbocycles. The Morgan fingerprint density at radius 1 is 1.25 bits per heavy atom. The number of primary sulfonamides is 1. The van der Waals surface area contributed by atoms with Gasteiger partial charge in [0.25, 0.3) is 0 Å². The van der Waals surface area contributed by atoms with Crippen molar-refractivity contribution in [3.05, 3.63) is 17.0 Å². The number of sulfonamides is 1. The summed E-state index contributed by atoms with van der Waals surface area (Å²) in [6, 6.07) is 3.07. The third-order valence-electron chi connectivity index (χ3n) is 3.69. The average molecular weight is 318 g/mol. The van der Waals surface area contributed by atoms with Crippen LogP contribution in [-0.2, 0) is 21.2 Å². The van der Waals surface area contributed by atoms with Crippen LogP contribution >= 0.6 is 11.3 Å². The highest BCUT2D eigenvalue weighted by Crippen LogP contribution is 2.22. The second kappa shape index (κ2) is 6.69. The summed E-state index contributed by atoms with van der Waals surface area (Å²) >= 11 is 1.04. The molecule has 1 heterocycles. The third kappa shape index (κ3) is 4.29. The highest BCUT2D eigenvalue weighted by molar-refractivity contribution is 7.91. The van der Waals surface area contributed by atoms with Crippen molar-refractivity contribution in [3.63, 3.8) is 0 Å². The number of carbonyl (C=O) groups excluding carboxylic acids is 1. The van der Waals surface area contributed by atoms with Crippen LogP contribution in [0.4, 0.5) is 0 Å². The second-order valence-corrected chi connectivity index (χ2v) is 7.79. The molecular formula is C13H22N2O3S2. The number of nitrogens with one attached hydrogen (secondary N) is 1. The molecule has 114 valence electrons. The zero-order valence-corrected chi connectivity index (χ0v) is 13.7. The fourth-order valence-electron chi connectivity index (χ4n) is 2.12. The van der Waals surface area contributed by atoms with Crippen molar-refractivity contribution in [2.45, 2.75) is 56.2 Å². The largest absolute Gasteiger partial charge is 0.350 e. The molecule has 20 heavy (non-hydrogen) atoms. The van der Waals surface area contributed by atoms with Crippen molar-refractivity contribution >= 4 is 27.3 Å². The molecule has 1 aromatic rings. The van der Waals surface area contributed by atoms with Gasteiger partial charge in [0.05, 0.1) is 6.42 Å². The average Bonchev–Trinajstić information content (AvgIpc) is 2.84. The first kappa shape index (κ1) is 17.1. The van der Waals surface area contributed by atoms with Gasteiger partial charge in [-0.15, -0.1) is 11.3 Å². The lowest BCUT2D eigenvalue weighted by molar-refractivity contribution is -0.122. The van der Waals surface area contributed by atoms with Crippen molar-refractivity contribution in [1.29, 1.82) is 0 Å². The molecule has 0 aliphatic rings. The monoisotopic (exact) mass is 318 g/mol. The van der Waals surface area contributed by atoms with Crippen molar-refractivity contribution in [2.75, 3.05) is 0 Å². The zero-order valence-electron chi connectivity index (χ0n) is 12.1. The summed E-state index contributed by atoms with van der Waals surface area (Å²) in [5, 5.41) is 8.11. The first-order valence-corrected chi connectivity index (χ1v) is 9.05. The van der Waals surface area contributed by atoms with Crippen molar-refractivity contribution in [2.24, 2.45) is 5.14 Å². The van der Waals surface area contributed by atoms with Gasteiger partial charge < -0.3 is 5.32 Å². The quantitative estimate of drug-likeness (QED) is 0.806. The van der Waals surface area contributed by atoms with Gasteiger partial charge in [-0.2, -0.15) is 0 Å². The van der Waals surface area contributed by atoms with E-state index in [0.29, 0.717) is 4.88 Å². The molecule has 7 heteroatoms. The second-order valence-electron chi connectivity index (χ2n) is 4.83. The van der Waals surface area contributed by atoms with E-state index in [2.05, 4.69) is 26.1 Å². The smallest absolute Gasteiger partial charge is 0.247 e. The molecule has 1 amide bonds. The Kier molecular flexibility index (Phi) is 5.73. The normalized spacial score (nSPS) is 12.4. The van der Waals surface area contributed by atoms with Crippen molar-refractivity contribution in [1.82, 2.24) is 5.32 Å². The number of amides is 1. The highest BCUT2D eigenvalue weighted by Gasteiger charge is 2.26. The Balaban J connectivity index is 2.74. The van der Waals surface area contributed by atoms with Gasteiger partial charge in [0.1, 0.15) is 4.21 Å². The van der Waals surface area contributed by atoms with Crippen LogP contribution in [0.3, 0.4) is 0 Å². The van der Waals surface area contributed by atoms with Gasteiger partial charge in [-0.05, 0) is 31.4 Å². The predicted molar refractivity (Wildman–Crippen MR) is 81.1 cm³/mol. The number of rotatable bonds is 7. The lowest BCUT2D eigenvalue weighted by Gasteiger charge is -2.31. The lowest BCUT2D eigenvalue weighted by Crippen LogP contribution is -2.47. The molecule has 0 fully saturated rings. The van der Waals surface area contributed by atoms with Gasteiger partial charge in [-0.3, -0.25) is 4.79 Å². The first-order chi connectivity index (χ1) is 9.26. The van der Waals surface area contributed by atoms with Crippen molar-refractivity contribution < 1.29 is 13.2 Å². The Labute approximate surface area is 124 Å². The standard InChI is InChI=1S/C13H22N2O3S2/c1-4-13(5-2,6-3)15-11(16)9-10-7-8-12(19-10)20(14,17)18/h7-8H,4-6,9H2,1-3H3,(H,15,16)(H2,14,17,18). The number of hydrogen-bond donors (Lipinski definition) is 2. The van der Waals surface area contributed by atoms with Crippen LogP contribution in [0.1, 0.15) is 44.9 Å². The van der Waals surface area contributed by atoms with Gasteiger partial charge >= 0.3 is 0 Å². The van der Waals surface area contributed by atoms with E-state index in [9.17, 15) is 13.2 Å². The number of nitrogens with two attached hydrogens (primary N) is 1. The van der Waals surface area contributed by atoms with Crippen LogP contribution in [0.25, 0.3) is 0 Å². The molecule has 0 unspecified atom stereocenters. The number of thiophene rings is 1. The van der Waals surface area contributed by atoms with Crippen LogP contribution in [0.15, 0.2) is 16.3 Å². The van der Waals surface area contributed by atoms with E-state index in [0.717, 1.165) is 30.6 Å². The van der Waals surface area contributed by atoms with Crippen LogP contribution < -0.4 is 10.5 Å². The fraction of sp³-hybridized carbons (Fsp3) is 0.615. The van der Waals surface area contributed by atoms with E-state index in [1.54, 1.807) is 6.07 Å². The predicted octanol–water partition coefficient (Wildman–Crippen LogP) is 2.02. The molecule has 0 saturated carbocycles. The maximum absolute atomic E-state index is 12.1. The Hall–Kier alpha value is -0.920. The summed E-state index contributed by atoms with van der Waals surface area (Å²) in [6.45, 7) is 6.16. The molecule has 1 aromatic heterocycles. The molecule has 0 spiro atoms. The molecule has 0 saturated heterocycles. The zero-order chi connectivity index (χ0) is 15.4. The molecule has 0 atom stereocenters. The Morgan fingerprint density at radius 3 is 2.20 bits per heavy atom. The van der Waals surface area contributed by atoms with Gasteiger partial charge in [-0.25, -0.2) is 13.6 Å². The third-order valence-corrected chi connectivity index (χ3v) is 6.21. The van der Waals surface area contributed by atoms with E-state index in [1.165, 1.54) is 6.07 Å². The van der Waals surface area contributed by atoms with Crippen molar-refractivity contribution in [3.8, 4) is 0 Å². The van der Waals surface area contributed by atoms with E-state index in [-0.39, 0.29) is 22.1 Å². The highest BCUT2D eigenvalue weighted by atomic mass is 32.2. The lowest BCUT2D eigenvalue weighted by atomic mass is 9.89. The molecule has 0 aromatic carbocycles. The molecule has 1 rings (SSSR count). The van der Waals surface area contributed by atoms with Crippen LogP contribution in [0.5, 0.6) is 0 Å². The summed E-state index contributed by atoms with van der Waals surface area (Å²) < 4.78 is 22.5. The summed E-state index contributed by atoms with van der Waals surface area (Å²) in [6.07, 6.45) is 2.80. The summed E-state index contributed by atoms with van der Waals surface area (Å²) in [4.78, 5) is 12.8. The molecule has 5 nitrogen and oxygen atoms in total. The molecule has 0 radical (unpaired) electrons. The van der Waals surface area contributed by atoms with Gasteiger partial charge in [-0.1, -0.05) is 20.8 Å². The number of hydrogen-bond acceptors (Lipinski definition) is 4. The summed E-state index contributed by atoms with van der Waals surface area (Å²) in [5.41, 5.74) is -0.170. The molecule has 3 N–H and O–H groups in total.